The third kappa shape index (κ3) is 4.39. The van der Waals surface area contributed by atoms with E-state index >= 15 is 0 Å². The van der Waals surface area contributed by atoms with Crippen LogP contribution in [0.15, 0.2) is 54.9 Å². The summed E-state index contributed by atoms with van der Waals surface area (Å²) in [6.45, 7) is 3.99. The number of hydrogen-bond acceptors (Lipinski definition) is 6. The molecule has 162 valence electrons. The standard InChI is InChI=1S/C24H25N7O/c1-16-13-21(30-24(27-16)31-11-2-3-12-31)28-18-6-8-19(9-7-18)29-22(32)14-17-15-26-23-20(17)5-4-10-25-23/h4-10,13,15H,2-3,11-12,14H2,1H3,(H,25,26)(H,29,32)(H,27,28,30). The van der Waals surface area contributed by atoms with E-state index in [1.807, 2.05) is 55.6 Å². The summed E-state index contributed by atoms with van der Waals surface area (Å²) >= 11 is 0. The quantitative estimate of drug-likeness (QED) is 0.427. The van der Waals surface area contributed by atoms with Gasteiger partial charge in [0.15, 0.2) is 0 Å². The molecule has 8 heteroatoms. The van der Waals surface area contributed by atoms with E-state index in [0.29, 0.717) is 0 Å². The molecule has 1 fully saturated rings. The number of anilines is 4. The maximum Gasteiger partial charge on any atom is 0.228 e. The summed E-state index contributed by atoms with van der Waals surface area (Å²) in [5.41, 5.74) is 4.29. The molecule has 32 heavy (non-hydrogen) atoms. The van der Waals surface area contributed by atoms with E-state index in [2.05, 4.69) is 35.5 Å². The number of aromatic nitrogens is 4. The summed E-state index contributed by atoms with van der Waals surface area (Å²) in [7, 11) is 0. The normalized spacial score (nSPS) is 13.5. The Morgan fingerprint density at radius 3 is 2.69 bits per heavy atom. The van der Waals surface area contributed by atoms with E-state index in [1.165, 1.54) is 12.8 Å². The van der Waals surface area contributed by atoms with Gasteiger partial charge in [-0.3, -0.25) is 4.79 Å². The lowest BCUT2D eigenvalue weighted by atomic mass is 10.1. The Kier molecular flexibility index (Phi) is 5.41. The number of hydrogen-bond donors (Lipinski definition) is 3. The van der Waals surface area contributed by atoms with Crippen LogP contribution < -0.4 is 15.5 Å². The van der Waals surface area contributed by atoms with Crippen molar-refractivity contribution in [1.82, 2.24) is 19.9 Å². The van der Waals surface area contributed by atoms with Crippen LogP contribution in [0, 0.1) is 6.92 Å². The lowest BCUT2D eigenvalue weighted by Crippen LogP contribution is -2.21. The Balaban J connectivity index is 1.23. The lowest BCUT2D eigenvalue weighted by Gasteiger charge is -2.17. The topological polar surface area (TPSA) is 98.8 Å². The number of rotatable bonds is 6. The Morgan fingerprint density at radius 1 is 1.09 bits per heavy atom. The van der Waals surface area contributed by atoms with E-state index < -0.39 is 0 Å². The van der Waals surface area contributed by atoms with Crippen molar-refractivity contribution < 1.29 is 4.79 Å². The van der Waals surface area contributed by atoms with Crippen LogP contribution in [-0.4, -0.2) is 38.9 Å². The highest BCUT2D eigenvalue weighted by atomic mass is 16.1. The predicted octanol–water partition coefficient (Wildman–Crippen LogP) is 4.19. The molecule has 1 aliphatic heterocycles. The minimum Gasteiger partial charge on any atom is -0.346 e. The molecule has 4 heterocycles. The van der Waals surface area contributed by atoms with Gasteiger partial charge in [0.2, 0.25) is 11.9 Å². The smallest absolute Gasteiger partial charge is 0.228 e. The summed E-state index contributed by atoms with van der Waals surface area (Å²) in [5, 5.41) is 7.27. The van der Waals surface area contributed by atoms with Crippen molar-refractivity contribution in [3.63, 3.8) is 0 Å². The molecule has 3 aromatic heterocycles. The van der Waals surface area contributed by atoms with Gasteiger partial charge in [-0.2, -0.15) is 4.98 Å². The number of amides is 1. The zero-order valence-corrected chi connectivity index (χ0v) is 17.9. The fourth-order valence-corrected chi connectivity index (χ4v) is 4.00. The van der Waals surface area contributed by atoms with Gasteiger partial charge in [-0.05, 0) is 61.7 Å². The van der Waals surface area contributed by atoms with Crippen LogP contribution in [0.4, 0.5) is 23.1 Å². The average molecular weight is 428 g/mol. The second-order valence-corrected chi connectivity index (χ2v) is 8.03. The molecule has 0 saturated carbocycles. The van der Waals surface area contributed by atoms with Gasteiger partial charge in [-0.25, -0.2) is 9.97 Å². The van der Waals surface area contributed by atoms with E-state index in [-0.39, 0.29) is 12.3 Å². The van der Waals surface area contributed by atoms with Crippen molar-refractivity contribution in [1.29, 1.82) is 0 Å². The molecule has 0 aliphatic carbocycles. The molecule has 1 saturated heterocycles. The molecule has 1 aliphatic rings. The molecule has 0 radical (unpaired) electrons. The fourth-order valence-electron chi connectivity index (χ4n) is 4.00. The van der Waals surface area contributed by atoms with Gasteiger partial charge < -0.3 is 20.5 Å². The highest BCUT2D eigenvalue weighted by molar-refractivity contribution is 5.95. The first-order valence-electron chi connectivity index (χ1n) is 10.8. The first-order valence-corrected chi connectivity index (χ1v) is 10.8. The summed E-state index contributed by atoms with van der Waals surface area (Å²) in [5.74, 6) is 1.47. The van der Waals surface area contributed by atoms with Crippen LogP contribution in [0.1, 0.15) is 24.1 Å². The number of aryl methyl sites for hydroxylation is 1. The van der Waals surface area contributed by atoms with Crippen molar-refractivity contribution in [2.24, 2.45) is 0 Å². The largest absolute Gasteiger partial charge is 0.346 e. The van der Waals surface area contributed by atoms with Crippen LogP contribution in [-0.2, 0) is 11.2 Å². The molecular formula is C24H25N7O. The maximum absolute atomic E-state index is 12.5. The summed E-state index contributed by atoms with van der Waals surface area (Å²) in [4.78, 5) is 31.4. The third-order valence-electron chi connectivity index (χ3n) is 5.56. The van der Waals surface area contributed by atoms with Gasteiger partial charge in [0, 0.05) is 54.0 Å². The summed E-state index contributed by atoms with van der Waals surface area (Å²) in [6.07, 6.45) is 6.22. The zero-order valence-electron chi connectivity index (χ0n) is 17.9. The highest BCUT2D eigenvalue weighted by Gasteiger charge is 2.16. The molecule has 4 aromatic rings. The number of aromatic amines is 1. The predicted molar refractivity (Wildman–Crippen MR) is 126 cm³/mol. The second kappa shape index (κ2) is 8.66. The summed E-state index contributed by atoms with van der Waals surface area (Å²) < 4.78 is 0. The number of carbonyl (C=O) groups excluding carboxylic acids is 1. The monoisotopic (exact) mass is 427 g/mol. The maximum atomic E-state index is 12.5. The first kappa shape index (κ1) is 20.0. The zero-order chi connectivity index (χ0) is 21.9. The second-order valence-electron chi connectivity index (χ2n) is 8.03. The highest BCUT2D eigenvalue weighted by Crippen LogP contribution is 2.23. The molecule has 0 unspecified atom stereocenters. The van der Waals surface area contributed by atoms with E-state index in [1.54, 1.807) is 6.20 Å². The van der Waals surface area contributed by atoms with Crippen molar-refractivity contribution in [2.45, 2.75) is 26.2 Å². The Hall–Kier alpha value is -3.94. The van der Waals surface area contributed by atoms with Crippen molar-refractivity contribution in [2.75, 3.05) is 28.6 Å². The fraction of sp³-hybridized carbons (Fsp3) is 0.250. The van der Waals surface area contributed by atoms with Crippen LogP contribution in [0.3, 0.4) is 0 Å². The van der Waals surface area contributed by atoms with Crippen LogP contribution in [0.25, 0.3) is 11.0 Å². The van der Waals surface area contributed by atoms with Crippen LogP contribution >= 0.6 is 0 Å². The Morgan fingerprint density at radius 2 is 1.88 bits per heavy atom. The molecule has 1 aromatic carbocycles. The van der Waals surface area contributed by atoms with Gasteiger partial charge >= 0.3 is 0 Å². The van der Waals surface area contributed by atoms with Gasteiger partial charge in [0.25, 0.3) is 0 Å². The van der Waals surface area contributed by atoms with E-state index in [4.69, 9.17) is 0 Å². The molecule has 8 nitrogen and oxygen atoms in total. The molecule has 5 rings (SSSR count). The number of pyridine rings is 1. The molecule has 1 amide bonds. The van der Waals surface area contributed by atoms with Gasteiger partial charge in [0.05, 0.1) is 6.42 Å². The number of carbonyl (C=O) groups is 1. The van der Waals surface area contributed by atoms with Crippen molar-refractivity contribution >= 4 is 40.1 Å². The SMILES string of the molecule is Cc1cc(Nc2ccc(NC(=O)Cc3c[nH]c4ncccc34)cc2)nc(N2CCCC2)n1. The minimum absolute atomic E-state index is 0.0721. The van der Waals surface area contributed by atoms with Gasteiger partial charge in [-0.15, -0.1) is 0 Å². The van der Waals surface area contributed by atoms with Crippen LogP contribution in [0.5, 0.6) is 0 Å². The third-order valence-corrected chi connectivity index (χ3v) is 5.56. The number of fused-ring (bicyclic) bond motifs is 1. The molecule has 0 bridgehead atoms. The average Bonchev–Trinajstić information content (AvgIpc) is 3.46. The number of nitrogens with zero attached hydrogens (tertiary/aromatic N) is 4. The van der Waals surface area contributed by atoms with Crippen molar-refractivity contribution in [3.05, 3.63) is 66.1 Å². The van der Waals surface area contributed by atoms with Gasteiger partial charge in [0.1, 0.15) is 11.5 Å². The summed E-state index contributed by atoms with van der Waals surface area (Å²) in [6, 6.07) is 13.4. The van der Waals surface area contributed by atoms with Crippen LogP contribution in [0.2, 0.25) is 0 Å². The molecule has 0 spiro atoms. The Bertz CT molecular complexity index is 1240. The number of nitrogens with one attached hydrogen (secondary N) is 3. The van der Waals surface area contributed by atoms with E-state index in [9.17, 15) is 4.79 Å². The molecule has 0 atom stereocenters. The molecular weight excluding hydrogens is 402 g/mol. The first-order chi connectivity index (χ1) is 15.6. The lowest BCUT2D eigenvalue weighted by molar-refractivity contribution is -0.115. The minimum atomic E-state index is -0.0721. The number of H-pyrrole nitrogens is 1. The van der Waals surface area contributed by atoms with Crippen molar-refractivity contribution in [3.8, 4) is 0 Å². The number of benzene rings is 1. The Labute approximate surface area is 186 Å². The van der Waals surface area contributed by atoms with E-state index in [0.717, 1.165) is 58.5 Å². The van der Waals surface area contributed by atoms with Gasteiger partial charge in [-0.1, -0.05) is 0 Å². The molecule has 3 N–H and O–H groups in total.